The maximum Gasteiger partial charge on any atom is 0.150 e. The smallest absolute Gasteiger partial charge is 0.150 e. The zero-order valence-corrected chi connectivity index (χ0v) is 13.5. The fourth-order valence-electron chi connectivity index (χ4n) is 2.58. The molecule has 2 nitrogen and oxygen atoms in total. The molecule has 0 radical (unpaired) electrons. The van der Waals surface area contributed by atoms with Crippen molar-refractivity contribution in [1.82, 2.24) is 0 Å². The lowest BCUT2D eigenvalue weighted by Crippen LogP contribution is -2.33. The Kier molecular flexibility index (Phi) is 5.15. The number of aryl methyl sites for hydroxylation is 1. The Morgan fingerprint density at radius 2 is 1.55 bits per heavy atom. The summed E-state index contributed by atoms with van der Waals surface area (Å²) in [7, 11) is 0. The number of hydrogen-bond acceptors (Lipinski definition) is 2. The SMILES string of the molecule is Cc1ccc(CC(C)(C)C(O)Cc2ccc(C=O)cc2)cc1. The number of rotatable bonds is 6. The Labute approximate surface area is 132 Å². The highest BCUT2D eigenvalue weighted by molar-refractivity contribution is 5.74. The van der Waals surface area contributed by atoms with E-state index >= 15 is 0 Å². The number of hydrogen-bond donors (Lipinski definition) is 1. The predicted molar refractivity (Wildman–Crippen MR) is 90.2 cm³/mol. The molecule has 2 rings (SSSR count). The van der Waals surface area contributed by atoms with E-state index in [2.05, 4.69) is 45.0 Å². The van der Waals surface area contributed by atoms with Crippen LogP contribution in [0.1, 0.15) is 40.9 Å². The minimum atomic E-state index is -0.434. The number of benzene rings is 2. The minimum Gasteiger partial charge on any atom is -0.392 e. The molecule has 0 spiro atoms. The summed E-state index contributed by atoms with van der Waals surface area (Å²) in [5.41, 5.74) is 3.99. The monoisotopic (exact) mass is 296 g/mol. The molecule has 0 saturated carbocycles. The lowest BCUT2D eigenvalue weighted by atomic mass is 9.78. The minimum absolute atomic E-state index is 0.210. The molecule has 0 saturated heterocycles. The second kappa shape index (κ2) is 6.89. The van der Waals surface area contributed by atoms with Crippen molar-refractivity contribution in [3.8, 4) is 0 Å². The van der Waals surface area contributed by atoms with Crippen molar-refractivity contribution in [2.75, 3.05) is 0 Å². The van der Waals surface area contributed by atoms with Crippen LogP contribution in [-0.4, -0.2) is 17.5 Å². The lowest BCUT2D eigenvalue weighted by Gasteiger charge is -2.31. The quantitative estimate of drug-likeness (QED) is 0.819. The van der Waals surface area contributed by atoms with E-state index in [9.17, 15) is 9.90 Å². The zero-order valence-electron chi connectivity index (χ0n) is 13.5. The van der Waals surface area contributed by atoms with Gasteiger partial charge in [0.2, 0.25) is 0 Å². The van der Waals surface area contributed by atoms with Crippen molar-refractivity contribution in [2.24, 2.45) is 5.41 Å². The number of aliphatic hydroxyl groups excluding tert-OH is 1. The van der Waals surface area contributed by atoms with Crippen LogP contribution in [0.3, 0.4) is 0 Å². The second-order valence-corrected chi connectivity index (χ2v) is 6.73. The molecule has 2 aromatic carbocycles. The van der Waals surface area contributed by atoms with Gasteiger partial charge in [-0.05, 0) is 36.3 Å². The molecule has 0 amide bonds. The van der Waals surface area contributed by atoms with Crippen molar-refractivity contribution < 1.29 is 9.90 Å². The Bertz CT molecular complexity index is 609. The normalized spacial score (nSPS) is 12.9. The van der Waals surface area contributed by atoms with E-state index < -0.39 is 6.10 Å². The summed E-state index contributed by atoms with van der Waals surface area (Å²) in [4.78, 5) is 10.7. The number of aliphatic hydroxyl groups is 1. The van der Waals surface area contributed by atoms with E-state index in [1.165, 1.54) is 11.1 Å². The average molecular weight is 296 g/mol. The van der Waals surface area contributed by atoms with Crippen molar-refractivity contribution in [1.29, 1.82) is 0 Å². The van der Waals surface area contributed by atoms with Crippen molar-refractivity contribution >= 4 is 6.29 Å². The Morgan fingerprint density at radius 3 is 2.09 bits per heavy atom. The highest BCUT2D eigenvalue weighted by Crippen LogP contribution is 2.28. The van der Waals surface area contributed by atoms with Crippen LogP contribution < -0.4 is 0 Å². The molecule has 0 fully saturated rings. The van der Waals surface area contributed by atoms with Crippen LogP contribution in [-0.2, 0) is 12.8 Å². The van der Waals surface area contributed by atoms with Gasteiger partial charge in [0.05, 0.1) is 6.10 Å². The van der Waals surface area contributed by atoms with Gasteiger partial charge < -0.3 is 5.11 Å². The van der Waals surface area contributed by atoms with Gasteiger partial charge >= 0.3 is 0 Å². The molecule has 2 heteroatoms. The fraction of sp³-hybridized carbons (Fsp3) is 0.350. The molecule has 0 aliphatic heterocycles. The van der Waals surface area contributed by atoms with Crippen LogP contribution in [0.4, 0.5) is 0 Å². The summed E-state index contributed by atoms with van der Waals surface area (Å²) in [6.45, 7) is 6.27. The summed E-state index contributed by atoms with van der Waals surface area (Å²) in [5, 5.41) is 10.6. The van der Waals surface area contributed by atoms with Crippen LogP contribution in [0.25, 0.3) is 0 Å². The first kappa shape index (κ1) is 16.4. The summed E-state index contributed by atoms with van der Waals surface area (Å²) < 4.78 is 0. The van der Waals surface area contributed by atoms with Gasteiger partial charge in [0.25, 0.3) is 0 Å². The second-order valence-electron chi connectivity index (χ2n) is 6.73. The number of aldehydes is 1. The van der Waals surface area contributed by atoms with Crippen LogP contribution >= 0.6 is 0 Å². The molecule has 0 bridgehead atoms. The fourth-order valence-corrected chi connectivity index (χ4v) is 2.58. The van der Waals surface area contributed by atoms with Gasteiger partial charge in [-0.15, -0.1) is 0 Å². The number of carbonyl (C=O) groups is 1. The van der Waals surface area contributed by atoms with E-state index in [0.717, 1.165) is 18.3 Å². The third kappa shape index (κ3) is 4.28. The molecule has 22 heavy (non-hydrogen) atoms. The molecule has 1 atom stereocenters. The summed E-state index contributed by atoms with van der Waals surface area (Å²) in [6.07, 6.45) is 1.83. The molecule has 0 heterocycles. The van der Waals surface area contributed by atoms with E-state index in [1.807, 2.05) is 12.1 Å². The van der Waals surface area contributed by atoms with Gasteiger partial charge in [0.1, 0.15) is 6.29 Å². The van der Waals surface area contributed by atoms with E-state index in [0.29, 0.717) is 12.0 Å². The molecule has 0 aliphatic carbocycles. The summed E-state index contributed by atoms with van der Waals surface area (Å²) in [5.74, 6) is 0. The van der Waals surface area contributed by atoms with E-state index in [4.69, 9.17) is 0 Å². The third-order valence-electron chi connectivity index (χ3n) is 4.23. The van der Waals surface area contributed by atoms with Gasteiger partial charge in [0.15, 0.2) is 0 Å². The van der Waals surface area contributed by atoms with Crippen LogP contribution in [0.2, 0.25) is 0 Å². The molecule has 1 N–H and O–H groups in total. The molecule has 2 aromatic rings. The molecule has 0 aliphatic rings. The summed E-state index contributed by atoms with van der Waals surface area (Å²) >= 11 is 0. The van der Waals surface area contributed by atoms with Crippen molar-refractivity contribution in [3.63, 3.8) is 0 Å². The molecule has 1 unspecified atom stereocenters. The van der Waals surface area contributed by atoms with Crippen LogP contribution in [0, 0.1) is 12.3 Å². The first-order chi connectivity index (χ1) is 10.4. The molecule has 116 valence electrons. The van der Waals surface area contributed by atoms with E-state index in [1.54, 1.807) is 12.1 Å². The standard InChI is InChI=1S/C20H24O2/c1-15-4-6-17(7-5-15)13-20(2,3)19(22)12-16-8-10-18(14-21)11-9-16/h4-11,14,19,22H,12-13H2,1-3H3. The molecule has 0 aromatic heterocycles. The van der Waals surface area contributed by atoms with Gasteiger partial charge in [-0.1, -0.05) is 67.9 Å². The maximum absolute atomic E-state index is 10.7. The van der Waals surface area contributed by atoms with Gasteiger partial charge in [-0.3, -0.25) is 4.79 Å². The third-order valence-corrected chi connectivity index (χ3v) is 4.23. The van der Waals surface area contributed by atoms with Gasteiger partial charge in [-0.25, -0.2) is 0 Å². The zero-order chi connectivity index (χ0) is 16.2. The predicted octanol–water partition coefficient (Wildman–Crippen LogP) is 3.98. The topological polar surface area (TPSA) is 37.3 Å². The largest absolute Gasteiger partial charge is 0.392 e. The Balaban J connectivity index is 2.03. The molecular weight excluding hydrogens is 272 g/mol. The Hall–Kier alpha value is -1.93. The highest BCUT2D eigenvalue weighted by atomic mass is 16.3. The average Bonchev–Trinajstić information content (AvgIpc) is 2.50. The van der Waals surface area contributed by atoms with Crippen LogP contribution in [0.15, 0.2) is 48.5 Å². The maximum atomic E-state index is 10.7. The van der Waals surface area contributed by atoms with Crippen molar-refractivity contribution in [3.05, 3.63) is 70.8 Å². The van der Waals surface area contributed by atoms with Gasteiger partial charge in [0, 0.05) is 5.56 Å². The number of carbonyl (C=O) groups excluding carboxylic acids is 1. The first-order valence-corrected chi connectivity index (χ1v) is 7.68. The Morgan fingerprint density at radius 1 is 1.00 bits per heavy atom. The van der Waals surface area contributed by atoms with E-state index in [-0.39, 0.29) is 5.41 Å². The van der Waals surface area contributed by atoms with Gasteiger partial charge in [-0.2, -0.15) is 0 Å². The molecular formula is C20H24O2. The van der Waals surface area contributed by atoms with Crippen molar-refractivity contribution in [2.45, 2.75) is 39.7 Å². The van der Waals surface area contributed by atoms with Crippen LogP contribution in [0.5, 0.6) is 0 Å². The highest BCUT2D eigenvalue weighted by Gasteiger charge is 2.28. The summed E-state index contributed by atoms with van der Waals surface area (Å²) in [6, 6.07) is 15.9. The first-order valence-electron chi connectivity index (χ1n) is 7.68. The lowest BCUT2D eigenvalue weighted by molar-refractivity contribution is 0.0508.